The lowest BCUT2D eigenvalue weighted by molar-refractivity contribution is -0.140. The van der Waals surface area contributed by atoms with Gasteiger partial charge in [0, 0.05) is 32.7 Å². The van der Waals surface area contributed by atoms with Crippen LogP contribution >= 0.6 is 0 Å². The van der Waals surface area contributed by atoms with Crippen molar-refractivity contribution in [1.82, 2.24) is 25.3 Å². The number of benzene rings is 1. The minimum absolute atomic E-state index is 0.0243. The Bertz CT molecular complexity index is 866. The van der Waals surface area contributed by atoms with Crippen LogP contribution in [0.4, 0.5) is 4.79 Å². The number of nitrogens with zero attached hydrogens (tertiary/aromatic N) is 3. The maximum Gasteiger partial charge on any atom is 0.325 e. The van der Waals surface area contributed by atoms with Crippen molar-refractivity contribution in [2.45, 2.75) is 25.8 Å². The van der Waals surface area contributed by atoms with Crippen molar-refractivity contribution in [3.05, 3.63) is 29.8 Å². The molecule has 1 atom stereocenters. The number of hydrogen-bond donors (Lipinski definition) is 2. The maximum absolute atomic E-state index is 13.1. The summed E-state index contributed by atoms with van der Waals surface area (Å²) < 4.78 is 5.14. The van der Waals surface area contributed by atoms with E-state index < -0.39 is 17.5 Å². The Kier molecular flexibility index (Phi) is 7.34. The monoisotopic (exact) mass is 445 g/mol. The zero-order valence-corrected chi connectivity index (χ0v) is 18.8. The molecule has 5 amide bonds. The summed E-state index contributed by atoms with van der Waals surface area (Å²) >= 11 is 0. The van der Waals surface area contributed by atoms with Crippen molar-refractivity contribution >= 4 is 23.8 Å². The summed E-state index contributed by atoms with van der Waals surface area (Å²) in [5.74, 6) is -0.137. The van der Waals surface area contributed by atoms with E-state index in [9.17, 15) is 19.2 Å². The van der Waals surface area contributed by atoms with Gasteiger partial charge in [-0.3, -0.25) is 24.2 Å². The first-order chi connectivity index (χ1) is 15.3. The third-order valence-corrected chi connectivity index (χ3v) is 5.90. The molecule has 2 heterocycles. The van der Waals surface area contributed by atoms with Crippen LogP contribution in [0, 0.1) is 0 Å². The van der Waals surface area contributed by atoms with Crippen LogP contribution in [0.3, 0.4) is 0 Å². The molecule has 2 N–H and O–H groups in total. The molecule has 1 aromatic rings. The van der Waals surface area contributed by atoms with Crippen molar-refractivity contribution in [3.8, 4) is 5.75 Å². The normalized spacial score (nSPS) is 21.5. The number of ether oxygens (including phenoxy) is 1. The van der Waals surface area contributed by atoms with Crippen LogP contribution in [0.25, 0.3) is 0 Å². The van der Waals surface area contributed by atoms with Crippen molar-refractivity contribution in [1.29, 1.82) is 0 Å². The molecule has 0 aliphatic carbocycles. The first-order valence-corrected chi connectivity index (χ1v) is 10.8. The van der Waals surface area contributed by atoms with Gasteiger partial charge in [-0.1, -0.05) is 19.1 Å². The van der Waals surface area contributed by atoms with E-state index in [0.717, 1.165) is 11.3 Å². The number of rotatable bonds is 8. The molecule has 10 heteroatoms. The third-order valence-electron chi connectivity index (χ3n) is 5.90. The summed E-state index contributed by atoms with van der Waals surface area (Å²) in [6.07, 6.45) is 0.883. The Morgan fingerprint density at radius 3 is 2.34 bits per heavy atom. The second-order valence-corrected chi connectivity index (χ2v) is 8.18. The Labute approximate surface area is 187 Å². The molecule has 32 heavy (non-hydrogen) atoms. The standard InChI is InChI=1S/C22H31N5O5/c1-4-9-23-18(28)14-25-10-12-26(13-11-25)19(29)15-27-20(30)22(2,24-21(27)31)16-5-7-17(32-3)8-6-16/h5-8H,4,9-15H2,1-3H3,(H,23,28)(H,24,31). The zero-order valence-electron chi connectivity index (χ0n) is 18.8. The molecule has 0 bridgehead atoms. The van der Waals surface area contributed by atoms with Crippen LogP contribution in [-0.2, 0) is 19.9 Å². The predicted octanol–water partition coefficient (Wildman–Crippen LogP) is 0.133. The van der Waals surface area contributed by atoms with E-state index in [4.69, 9.17) is 4.74 Å². The van der Waals surface area contributed by atoms with Crippen LogP contribution in [0.1, 0.15) is 25.8 Å². The number of urea groups is 1. The van der Waals surface area contributed by atoms with Gasteiger partial charge in [-0.15, -0.1) is 0 Å². The highest BCUT2D eigenvalue weighted by Gasteiger charge is 2.49. The average Bonchev–Trinajstić information content (AvgIpc) is 3.02. The molecule has 0 spiro atoms. The SMILES string of the molecule is CCCNC(=O)CN1CCN(C(=O)CN2C(=O)NC(C)(c3ccc(OC)cc3)C2=O)CC1. The van der Waals surface area contributed by atoms with Crippen LogP contribution in [0.5, 0.6) is 5.75 Å². The van der Waals surface area contributed by atoms with Gasteiger partial charge in [0.2, 0.25) is 11.8 Å². The van der Waals surface area contributed by atoms with Crippen LogP contribution in [0.15, 0.2) is 24.3 Å². The topological polar surface area (TPSA) is 111 Å². The van der Waals surface area contributed by atoms with Crippen LogP contribution in [0.2, 0.25) is 0 Å². The molecule has 2 fully saturated rings. The summed E-state index contributed by atoms with van der Waals surface area (Å²) in [6.45, 7) is 6.28. The first kappa shape index (κ1) is 23.5. The van der Waals surface area contributed by atoms with Gasteiger partial charge in [-0.05, 0) is 31.0 Å². The largest absolute Gasteiger partial charge is 0.497 e. The molecule has 174 valence electrons. The van der Waals surface area contributed by atoms with Crippen molar-refractivity contribution in [3.63, 3.8) is 0 Å². The molecule has 1 unspecified atom stereocenters. The smallest absolute Gasteiger partial charge is 0.325 e. The molecule has 0 radical (unpaired) electrons. The number of amides is 5. The fourth-order valence-electron chi connectivity index (χ4n) is 3.87. The van der Waals surface area contributed by atoms with E-state index in [1.807, 2.05) is 11.8 Å². The van der Waals surface area contributed by atoms with Gasteiger partial charge >= 0.3 is 6.03 Å². The minimum atomic E-state index is -1.24. The van der Waals surface area contributed by atoms with Crippen molar-refractivity contribution < 1.29 is 23.9 Å². The summed E-state index contributed by atoms with van der Waals surface area (Å²) in [4.78, 5) is 54.8. The quantitative estimate of drug-likeness (QED) is 0.551. The molecular formula is C22H31N5O5. The Morgan fingerprint density at radius 1 is 1.09 bits per heavy atom. The van der Waals surface area contributed by atoms with E-state index in [2.05, 4.69) is 10.6 Å². The molecule has 2 aliphatic rings. The summed E-state index contributed by atoms with van der Waals surface area (Å²) in [6, 6.07) is 6.29. The highest BCUT2D eigenvalue weighted by atomic mass is 16.5. The Hall–Kier alpha value is -3.14. The molecule has 2 aliphatic heterocycles. The second-order valence-electron chi connectivity index (χ2n) is 8.18. The van der Waals surface area contributed by atoms with Gasteiger partial charge < -0.3 is 20.3 Å². The highest BCUT2D eigenvalue weighted by Crippen LogP contribution is 2.30. The predicted molar refractivity (Wildman–Crippen MR) is 117 cm³/mol. The summed E-state index contributed by atoms with van der Waals surface area (Å²) in [5, 5.41) is 5.55. The maximum atomic E-state index is 13.1. The van der Waals surface area contributed by atoms with Crippen molar-refractivity contribution in [2.24, 2.45) is 0 Å². The van der Waals surface area contributed by atoms with E-state index in [-0.39, 0.29) is 18.4 Å². The van der Waals surface area contributed by atoms with Gasteiger partial charge in [-0.25, -0.2) is 4.79 Å². The fourth-order valence-corrected chi connectivity index (χ4v) is 3.87. The molecular weight excluding hydrogens is 414 g/mol. The highest BCUT2D eigenvalue weighted by molar-refractivity contribution is 6.09. The second kappa shape index (κ2) is 9.99. The summed E-state index contributed by atoms with van der Waals surface area (Å²) in [7, 11) is 1.55. The summed E-state index contributed by atoms with van der Waals surface area (Å²) in [5.41, 5.74) is -0.629. The van der Waals surface area contributed by atoms with Crippen LogP contribution in [-0.4, -0.2) is 91.4 Å². The number of hydrogen-bond acceptors (Lipinski definition) is 6. The molecule has 2 saturated heterocycles. The number of carbonyl (C=O) groups excluding carboxylic acids is 4. The number of piperazine rings is 1. The lowest BCUT2D eigenvalue weighted by atomic mass is 9.92. The Morgan fingerprint density at radius 2 is 1.75 bits per heavy atom. The lowest BCUT2D eigenvalue weighted by Gasteiger charge is -2.34. The zero-order chi connectivity index (χ0) is 23.3. The molecule has 10 nitrogen and oxygen atoms in total. The van der Waals surface area contributed by atoms with Crippen molar-refractivity contribution in [2.75, 3.05) is 52.9 Å². The molecule has 3 rings (SSSR count). The molecule has 1 aromatic carbocycles. The Balaban J connectivity index is 1.55. The van der Waals surface area contributed by atoms with E-state index in [0.29, 0.717) is 50.6 Å². The van der Waals surface area contributed by atoms with Gasteiger partial charge in [0.1, 0.15) is 17.8 Å². The fraction of sp³-hybridized carbons (Fsp3) is 0.545. The van der Waals surface area contributed by atoms with E-state index in [1.165, 1.54) is 0 Å². The first-order valence-electron chi connectivity index (χ1n) is 10.8. The lowest BCUT2D eigenvalue weighted by Crippen LogP contribution is -2.53. The van der Waals surface area contributed by atoms with E-state index in [1.54, 1.807) is 43.2 Å². The molecule has 0 saturated carbocycles. The number of methoxy groups -OCH3 is 1. The van der Waals surface area contributed by atoms with Crippen LogP contribution < -0.4 is 15.4 Å². The third kappa shape index (κ3) is 5.01. The van der Waals surface area contributed by atoms with Gasteiger partial charge in [-0.2, -0.15) is 0 Å². The van der Waals surface area contributed by atoms with Gasteiger partial charge in [0.15, 0.2) is 0 Å². The minimum Gasteiger partial charge on any atom is -0.497 e. The number of nitrogens with one attached hydrogen (secondary N) is 2. The number of carbonyl (C=O) groups is 4. The van der Waals surface area contributed by atoms with Gasteiger partial charge in [0.25, 0.3) is 5.91 Å². The number of imide groups is 1. The molecule has 0 aromatic heterocycles. The average molecular weight is 446 g/mol. The van der Waals surface area contributed by atoms with Gasteiger partial charge in [0.05, 0.1) is 13.7 Å². The van der Waals surface area contributed by atoms with E-state index >= 15 is 0 Å².